The van der Waals surface area contributed by atoms with Gasteiger partial charge in [0.15, 0.2) is 0 Å². The van der Waals surface area contributed by atoms with E-state index in [-0.39, 0.29) is 0 Å². The third-order valence-electron chi connectivity index (χ3n) is 4.05. The zero-order valence-corrected chi connectivity index (χ0v) is 14.0. The second-order valence-electron chi connectivity index (χ2n) is 6.34. The number of nitrogens with zero attached hydrogens (tertiary/aromatic N) is 3. The molecule has 1 aromatic heterocycles. The smallest absolute Gasteiger partial charge is 0.107 e. The molecule has 114 valence electrons. The number of likely N-dealkylation sites (N-methyl/N-ethyl adjacent to an activating group) is 1. The Hall–Kier alpha value is -0.490. The first-order valence-corrected chi connectivity index (χ1v) is 8.22. The van der Waals surface area contributed by atoms with Gasteiger partial charge >= 0.3 is 0 Å². The van der Waals surface area contributed by atoms with Gasteiger partial charge in [-0.3, -0.25) is 4.90 Å². The van der Waals surface area contributed by atoms with E-state index in [0.717, 1.165) is 51.1 Å². The number of rotatable bonds is 4. The van der Waals surface area contributed by atoms with Gasteiger partial charge in [-0.1, -0.05) is 0 Å². The van der Waals surface area contributed by atoms with Crippen LogP contribution in [0.3, 0.4) is 0 Å². The maximum atomic E-state index is 10.7. The van der Waals surface area contributed by atoms with Crippen molar-refractivity contribution in [2.24, 2.45) is 0 Å². The van der Waals surface area contributed by atoms with Crippen molar-refractivity contribution in [1.29, 1.82) is 0 Å². The van der Waals surface area contributed by atoms with E-state index in [1.807, 2.05) is 14.1 Å². The summed E-state index contributed by atoms with van der Waals surface area (Å²) in [4.78, 5) is 10.5. The minimum atomic E-state index is -0.521. The highest BCUT2D eigenvalue weighted by Gasteiger charge is 2.30. The average Bonchev–Trinajstić information content (AvgIpc) is 2.54. The largest absolute Gasteiger partial charge is 0.389 e. The summed E-state index contributed by atoms with van der Waals surface area (Å²) in [6.07, 6.45) is 2.82. The molecular weight excluding hydrogens is 270 g/mol. The van der Waals surface area contributed by atoms with Gasteiger partial charge in [-0.15, -0.1) is 11.3 Å². The molecule has 0 aromatic carbocycles. The van der Waals surface area contributed by atoms with Crippen LogP contribution in [0.5, 0.6) is 0 Å². The van der Waals surface area contributed by atoms with Gasteiger partial charge < -0.3 is 10.0 Å². The van der Waals surface area contributed by atoms with Crippen LogP contribution in [0.15, 0.2) is 0 Å². The van der Waals surface area contributed by atoms with E-state index in [4.69, 9.17) is 0 Å². The molecule has 1 fully saturated rings. The SMILES string of the molecule is Cc1nc(CN2CCC[C@](O)(CN(C)C)CC2)sc1C. The number of likely N-dealkylation sites (tertiary alicyclic amines) is 1. The third-order valence-corrected chi connectivity index (χ3v) is 5.11. The number of thiazole rings is 1. The van der Waals surface area contributed by atoms with Crippen molar-refractivity contribution in [3.8, 4) is 0 Å². The van der Waals surface area contributed by atoms with Gasteiger partial charge in [0.2, 0.25) is 0 Å². The molecule has 2 heterocycles. The lowest BCUT2D eigenvalue weighted by Gasteiger charge is -2.29. The van der Waals surface area contributed by atoms with Crippen LogP contribution in [-0.4, -0.2) is 59.2 Å². The molecule has 1 N–H and O–H groups in total. The molecule has 5 heteroatoms. The summed E-state index contributed by atoms with van der Waals surface area (Å²) in [5.41, 5.74) is 0.636. The number of hydrogen-bond donors (Lipinski definition) is 1. The molecule has 1 aliphatic heterocycles. The Balaban J connectivity index is 1.92. The summed E-state index contributed by atoms with van der Waals surface area (Å²) in [7, 11) is 4.06. The number of aryl methyl sites for hydroxylation is 2. The van der Waals surface area contributed by atoms with Crippen molar-refractivity contribution in [2.75, 3.05) is 33.7 Å². The van der Waals surface area contributed by atoms with Gasteiger partial charge in [-0.2, -0.15) is 0 Å². The van der Waals surface area contributed by atoms with Gasteiger partial charge in [-0.05, 0) is 53.8 Å². The van der Waals surface area contributed by atoms with Crippen LogP contribution in [0, 0.1) is 13.8 Å². The van der Waals surface area contributed by atoms with Gasteiger partial charge in [0.25, 0.3) is 0 Å². The fraction of sp³-hybridized carbons (Fsp3) is 0.800. The maximum absolute atomic E-state index is 10.7. The number of aliphatic hydroxyl groups is 1. The lowest BCUT2D eigenvalue weighted by molar-refractivity contribution is 0.00257. The molecule has 1 atom stereocenters. The highest BCUT2D eigenvalue weighted by atomic mass is 32.1. The first kappa shape index (κ1) is 15.9. The van der Waals surface area contributed by atoms with E-state index in [1.54, 1.807) is 11.3 Å². The van der Waals surface area contributed by atoms with Gasteiger partial charge in [0.05, 0.1) is 17.8 Å². The summed E-state index contributed by atoms with van der Waals surface area (Å²) >= 11 is 1.80. The van der Waals surface area contributed by atoms with E-state index >= 15 is 0 Å². The van der Waals surface area contributed by atoms with E-state index in [1.165, 1.54) is 9.88 Å². The Morgan fingerprint density at radius 3 is 2.65 bits per heavy atom. The lowest BCUT2D eigenvalue weighted by atomic mass is 9.94. The average molecular weight is 297 g/mol. The van der Waals surface area contributed by atoms with Crippen LogP contribution in [-0.2, 0) is 6.54 Å². The van der Waals surface area contributed by atoms with Crippen molar-refractivity contribution < 1.29 is 5.11 Å². The molecule has 1 aromatic rings. The quantitative estimate of drug-likeness (QED) is 0.923. The van der Waals surface area contributed by atoms with Crippen LogP contribution in [0.25, 0.3) is 0 Å². The standard InChI is InChI=1S/C15H27N3OS/c1-12-13(2)20-14(16-12)10-18-8-5-6-15(19,7-9-18)11-17(3)4/h19H,5-11H2,1-4H3/t15-/m1/s1. The predicted octanol–water partition coefficient (Wildman–Crippen LogP) is 2.04. The first-order valence-electron chi connectivity index (χ1n) is 7.40. The fourth-order valence-electron chi connectivity index (χ4n) is 2.94. The van der Waals surface area contributed by atoms with Crippen LogP contribution in [0.2, 0.25) is 0 Å². The molecule has 0 spiro atoms. The molecule has 0 amide bonds. The molecule has 0 unspecified atom stereocenters. The Kier molecular flexibility index (Phi) is 5.18. The van der Waals surface area contributed by atoms with Crippen molar-refractivity contribution >= 4 is 11.3 Å². The van der Waals surface area contributed by atoms with Crippen LogP contribution >= 0.6 is 11.3 Å². The monoisotopic (exact) mass is 297 g/mol. The zero-order valence-electron chi connectivity index (χ0n) is 13.1. The minimum Gasteiger partial charge on any atom is -0.389 e. The molecule has 0 aliphatic carbocycles. The van der Waals surface area contributed by atoms with Crippen LogP contribution in [0.4, 0.5) is 0 Å². The Labute approximate surface area is 126 Å². The third kappa shape index (κ3) is 4.25. The summed E-state index contributed by atoms with van der Waals surface area (Å²) in [6, 6.07) is 0. The van der Waals surface area contributed by atoms with E-state index in [9.17, 15) is 5.11 Å². The number of aromatic nitrogens is 1. The normalized spacial score (nSPS) is 25.1. The summed E-state index contributed by atoms with van der Waals surface area (Å²) in [5.74, 6) is 0. The fourth-order valence-corrected chi connectivity index (χ4v) is 3.91. The van der Waals surface area contributed by atoms with Crippen LogP contribution in [0.1, 0.15) is 34.8 Å². The Bertz CT molecular complexity index is 427. The van der Waals surface area contributed by atoms with Crippen molar-refractivity contribution in [2.45, 2.75) is 45.3 Å². The molecular formula is C15H27N3OS. The summed E-state index contributed by atoms with van der Waals surface area (Å²) in [6.45, 7) is 7.92. The van der Waals surface area contributed by atoms with Gasteiger partial charge in [0.1, 0.15) is 5.01 Å². The van der Waals surface area contributed by atoms with Gasteiger partial charge in [-0.25, -0.2) is 4.98 Å². The Morgan fingerprint density at radius 2 is 2.05 bits per heavy atom. The second-order valence-corrected chi connectivity index (χ2v) is 7.63. The molecule has 0 radical (unpaired) electrons. The molecule has 0 saturated carbocycles. The molecule has 1 aliphatic rings. The van der Waals surface area contributed by atoms with E-state index < -0.39 is 5.60 Å². The highest BCUT2D eigenvalue weighted by molar-refractivity contribution is 7.11. The topological polar surface area (TPSA) is 39.6 Å². The van der Waals surface area contributed by atoms with Crippen molar-refractivity contribution in [3.05, 3.63) is 15.6 Å². The molecule has 2 rings (SSSR count). The first-order chi connectivity index (χ1) is 9.38. The zero-order chi connectivity index (χ0) is 14.8. The maximum Gasteiger partial charge on any atom is 0.107 e. The minimum absolute atomic E-state index is 0.521. The van der Waals surface area contributed by atoms with Crippen molar-refractivity contribution in [3.63, 3.8) is 0 Å². The lowest BCUT2D eigenvalue weighted by Crippen LogP contribution is -2.40. The molecule has 4 nitrogen and oxygen atoms in total. The second kappa shape index (κ2) is 6.52. The van der Waals surface area contributed by atoms with E-state index in [0.29, 0.717) is 0 Å². The van der Waals surface area contributed by atoms with E-state index in [2.05, 4.69) is 28.6 Å². The predicted molar refractivity (Wildman–Crippen MR) is 84.2 cm³/mol. The molecule has 0 bridgehead atoms. The highest BCUT2D eigenvalue weighted by Crippen LogP contribution is 2.25. The van der Waals surface area contributed by atoms with Crippen molar-refractivity contribution in [1.82, 2.24) is 14.8 Å². The summed E-state index contributed by atoms with van der Waals surface area (Å²) in [5, 5.41) is 11.9. The molecule has 1 saturated heterocycles. The molecule has 20 heavy (non-hydrogen) atoms. The summed E-state index contributed by atoms with van der Waals surface area (Å²) < 4.78 is 0. The van der Waals surface area contributed by atoms with Gasteiger partial charge in [0, 0.05) is 18.0 Å². The Morgan fingerprint density at radius 1 is 1.30 bits per heavy atom. The van der Waals surface area contributed by atoms with Crippen LogP contribution < -0.4 is 0 Å². The number of hydrogen-bond acceptors (Lipinski definition) is 5.